The van der Waals surface area contributed by atoms with Gasteiger partial charge < -0.3 is 14.6 Å². The summed E-state index contributed by atoms with van der Waals surface area (Å²) in [5, 5.41) is 10.2. The second kappa shape index (κ2) is 6.64. The second-order valence-electron chi connectivity index (χ2n) is 5.05. The Kier molecular flexibility index (Phi) is 5.08. The van der Waals surface area contributed by atoms with Crippen molar-refractivity contribution in [3.8, 4) is 0 Å². The number of carbonyl (C=O) groups is 1. The van der Waals surface area contributed by atoms with Crippen molar-refractivity contribution >= 4 is 17.7 Å². The van der Waals surface area contributed by atoms with E-state index in [2.05, 4.69) is 0 Å². The number of carboxylic acid groups (broad SMARTS) is 1. The molecule has 1 unspecified atom stereocenters. The highest BCUT2D eigenvalue weighted by molar-refractivity contribution is 6.31. The molecule has 1 aromatic carbocycles. The van der Waals surface area contributed by atoms with E-state index in [9.17, 15) is 9.90 Å². The Morgan fingerprint density at radius 2 is 2.14 bits per heavy atom. The summed E-state index contributed by atoms with van der Waals surface area (Å²) < 4.78 is 10.9. The maximum Gasteiger partial charge on any atom is 0.410 e. The molecule has 0 aromatic heterocycles. The predicted octanol–water partition coefficient (Wildman–Crippen LogP) is 3.67. The van der Waals surface area contributed by atoms with Crippen LogP contribution in [0.15, 0.2) is 24.3 Å². The van der Waals surface area contributed by atoms with Crippen LogP contribution in [0.5, 0.6) is 0 Å². The first-order chi connectivity index (χ1) is 10.1. The van der Waals surface area contributed by atoms with Gasteiger partial charge in [0.2, 0.25) is 0 Å². The largest absolute Gasteiger partial charge is 0.465 e. The second-order valence-corrected chi connectivity index (χ2v) is 5.46. The number of nitrogens with zero attached hydrogens (tertiary/aromatic N) is 1. The Morgan fingerprint density at radius 1 is 1.48 bits per heavy atom. The zero-order chi connectivity index (χ0) is 15.5. The van der Waals surface area contributed by atoms with Gasteiger partial charge in [-0.15, -0.1) is 0 Å². The molecule has 0 saturated heterocycles. The molecule has 0 spiro atoms. The van der Waals surface area contributed by atoms with Crippen molar-refractivity contribution in [2.45, 2.75) is 38.0 Å². The molecule has 0 aliphatic heterocycles. The Labute approximate surface area is 129 Å². The van der Waals surface area contributed by atoms with Gasteiger partial charge >= 0.3 is 6.09 Å². The molecule has 1 aliphatic rings. The lowest BCUT2D eigenvalue weighted by molar-refractivity contribution is -0.204. The van der Waals surface area contributed by atoms with Crippen LogP contribution in [-0.4, -0.2) is 36.0 Å². The average molecular weight is 314 g/mol. The van der Waals surface area contributed by atoms with Gasteiger partial charge in [0.15, 0.2) is 5.72 Å². The van der Waals surface area contributed by atoms with Gasteiger partial charge in [-0.25, -0.2) is 4.79 Å². The SMILES string of the molecule is CCC(OCOC)(c1ccccc1Cl)N(C(=O)O)C1CC1. The third kappa shape index (κ3) is 3.15. The molecule has 1 saturated carbocycles. The molecular formula is C15H20ClNO4. The lowest BCUT2D eigenvalue weighted by Crippen LogP contribution is -2.52. The van der Waals surface area contributed by atoms with E-state index in [1.165, 1.54) is 12.0 Å². The fourth-order valence-electron chi connectivity index (χ4n) is 2.61. The first kappa shape index (κ1) is 16.1. The molecule has 116 valence electrons. The van der Waals surface area contributed by atoms with Crippen molar-refractivity contribution in [1.29, 1.82) is 0 Å². The number of methoxy groups -OCH3 is 1. The summed E-state index contributed by atoms with van der Waals surface area (Å²) in [7, 11) is 1.51. The first-order valence-electron chi connectivity index (χ1n) is 6.97. The van der Waals surface area contributed by atoms with E-state index in [0.29, 0.717) is 17.0 Å². The highest BCUT2D eigenvalue weighted by atomic mass is 35.5. The minimum absolute atomic E-state index is 0.00440. The molecule has 1 aliphatic carbocycles. The van der Waals surface area contributed by atoms with Crippen LogP contribution in [0.4, 0.5) is 4.79 Å². The zero-order valence-corrected chi connectivity index (χ0v) is 13.0. The molecule has 0 bridgehead atoms. The fraction of sp³-hybridized carbons (Fsp3) is 0.533. The number of rotatable bonds is 7. The van der Waals surface area contributed by atoms with Gasteiger partial charge in [-0.2, -0.15) is 0 Å². The molecule has 6 heteroatoms. The smallest absolute Gasteiger partial charge is 0.410 e. The van der Waals surface area contributed by atoms with Crippen molar-refractivity contribution in [2.24, 2.45) is 0 Å². The summed E-state index contributed by atoms with van der Waals surface area (Å²) in [6, 6.07) is 7.15. The maximum absolute atomic E-state index is 11.8. The molecule has 2 rings (SSSR count). The van der Waals surface area contributed by atoms with E-state index >= 15 is 0 Å². The average Bonchev–Trinajstić information content (AvgIpc) is 3.28. The molecular weight excluding hydrogens is 294 g/mol. The van der Waals surface area contributed by atoms with Crippen LogP contribution in [0.1, 0.15) is 31.7 Å². The first-order valence-corrected chi connectivity index (χ1v) is 7.34. The van der Waals surface area contributed by atoms with E-state index in [1.54, 1.807) is 12.1 Å². The molecule has 1 N–H and O–H groups in total. The summed E-state index contributed by atoms with van der Waals surface area (Å²) in [6.07, 6.45) is 1.13. The highest BCUT2D eigenvalue weighted by Gasteiger charge is 2.49. The number of hydrogen-bond acceptors (Lipinski definition) is 3. The van der Waals surface area contributed by atoms with Crippen molar-refractivity contribution in [2.75, 3.05) is 13.9 Å². The Bertz CT molecular complexity index is 506. The molecule has 1 atom stereocenters. The molecule has 0 radical (unpaired) electrons. The lowest BCUT2D eigenvalue weighted by atomic mass is 9.97. The fourth-order valence-corrected chi connectivity index (χ4v) is 2.90. The van der Waals surface area contributed by atoms with Crippen molar-refractivity contribution in [3.05, 3.63) is 34.9 Å². The number of halogens is 1. The van der Waals surface area contributed by atoms with E-state index in [0.717, 1.165) is 12.8 Å². The normalized spacial score (nSPS) is 17.3. The molecule has 1 amide bonds. The van der Waals surface area contributed by atoms with Gasteiger partial charge in [0, 0.05) is 23.7 Å². The third-order valence-corrected chi connectivity index (χ3v) is 4.03. The van der Waals surface area contributed by atoms with Crippen LogP contribution in [0.2, 0.25) is 5.02 Å². The minimum Gasteiger partial charge on any atom is -0.465 e. The van der Waals surface area contributed by atoms with Crippen LogP contribution in [0.3, 0.4) is 0 Å². The molecule has 21 heavy (non-hydrogen) atoms. The van der Waals surface area contributed by atoms with E-state index in [-0.39, 0.29) is 12.8 Å². The van der Waals surface area contributed by atoms with Crippen molar-refractivity contribution < 1.29 is 19.4 Å². The van der Waals surface area contributed by atoms with Gasteiger partial charge in [-0.3, -0.25) is 4.90 Å². The van der Waals surface area contributed by atoms with Gasteiger partial charge in [0.1, 0.15) is 6.79 Å². The Hall–Kier alpha value is -1.30. The Balaban J connectivity index is 2.51. The number of amides is 1. The van der Waals surface area contributed by atoms with Crippen molar-refractivity contribution in [3.63, 3.8) is 0 Å². The van der Waals surface area contributed by atoms with E-state index < -0.39 is 11.8 Å². The van der Waals surface area contributed by atoms with Crippen LogP contribution in [0.25, 0.3) is 0 Å². The van der Waals surface area contributed by atoms with E-state index in [4.69, 9.17) is 21.1 Å². The van der Waals surface area contributed by atoms with Crippen LogP contribution in [0, 0.1) is 0 Å². The maximum atomic E-state index is 11.8. The van der Waals surface area contributed by atoms with E-state index in [1.807, 2.05) is 19.1 Å². The number of hydrogen-bond donors (Lipinski definition) is 1. The summed E-state index contributed by atoms with van der Waals surface area (Å²) in [5.74, 6) is 0. The molecule has 1 aromatic rings. The van der Waals surface area contributed by atoms with Crippen LogP contribution >= 0.6 is 11.6 Å². The quantitative estimate of drug-likeness (QED) is 0.780. The summed E-state index contributed by atoms with van der Waals surface area (Å²) in [5.41, 5.74) is -0.470. The van der Waals surface area contributed by atoms with Crippen LogP contribution < -0.4 is 0 Å². The number of ether oxygens (including phenoxy) is 2. The standard InChI is InChI=1S/C15H20ClNO4/c1-3-15(21-10-20-2,12-6-4-5-7-13(12)16)17(14(18)19)11-8-9-11/h4-7,11H,3,8-10H2,1-2H3,(H,18,19). The van der Waals surface area contributed by atoms with Crippen molar-refractivity contribution in [1.82, 2.24) is 4.90 Å². The van der Waals surface area contributed by atoms with Crippen LogP contribution in [-0.2, 0) is 15.2 Å². The molecule has 1 fully saturated rings. The summed E-state index contributed by atoms with van der Waals surface area (Å²) in [6.45, 7) is 1.88. The minimum atomic E-state index is -1.12. The molecule has 0 heterocycles. The predicted molar refractivity (Wildman–Crippen MR) is 79.3 cm³/mol. The third-order valence-electron chi connectivity index (χ3n) is 3.70. The zero-order valence-electron chi connectivity index (χ0n) is 12.2. The van der Waals surface area contributed by atoms with Gasteiger partial charge in [0.05, 0.1) is 0 Å². The highest BCUT2D eigenvalue weighted by Crippen LogP contribution is 2.43. The Morgan fingerprint density at radius 3 is 2.62 bits per heavy atom. The van der Waals surface area contributed by atoms with Gasteiger partial charge in [-0.05, 0) is 25.3 Å². The monoisotopic (exact) mass is 313 g/mol. The molecule has 5 nitrogen and oxygen atoms in total. The summed E-state index contributed by atoms with van der Waals surface area (Å²) >= 11 is 6.30. The van der Waals surface area contributed by atoms with Gasteiger partial charge in [0.25, 0.3) is 0 Å². The summed E-state index contributed by atoms with van der Waals surface area (Å²) in [4.78, 5) is 13.2. The number of benzene rings is 1. The lowest BCUT2D eigenvalue weighted by Gasteiger charge is -2.42. The topological polar surface area (TPSA) is 59.0 Å². The van der Waals surface area contributed by atoms with Gasteiger partial charge in [-0.1, -0.05) is 36.7 Å².